The number of β-amino-alcohol motifs (C(OH)–C–C–N with tert-alkyl or cyclic N) is 1. The highest BCUT2D eigenvalue weighted by Gasteiger charge is 2.29. The van der Waals surface area contributed by atoms with E-state index >= 15 is 0 Å². The lowest BCUT2D eigenvalue weighted by Gasteiger charge is -2.41. The van der Waals surface area contributed by atoms with Crippen LogP contribution in [0.3, 0.4) is 0 Å². The average Bonchev–Trinajstić information content (AvgIpc) is 2.40. The highest BCUT2D eigenvalue weighted by Crippen LogP contribution is 2.23. The fourth-order valence-corrected chi connectivity index (χ4v) is 3.09. The van der Waals surface area contributed by atoms with Gasteiger partial charge in [0.2, 0.25) is 0 Å². The van der Waals surface area contributed by atoms with Gasteiger partial charge in [-0.05, 0) is 32.9 Å². The van der Waals surface area contributed by atoms with Crippen molar-refractivity contribution in [2.75, 3.05) is 32.7 Å². The summed E-state index contributed by atoms with van der Waals surface area (Å²) < 4.78 is 0. The van der Waals surface area contributed by atoms with Crippen molar-refractivity contribution in [1.29, 1.82) is 0 Å². The summed E-state index contributed by atoms with van der Waals surface area (Å²) in [5, 5.41) is 9.93. The van der Waals surface area contributed by atoms with Crippen molar-refractivity contribution in [1.82, 2.24) is 14.8 Å². The van der Waals surface area contributed by atoms with E-state index in [2.05, 4.69) is 20.9 Å². The van der Waals surface area contributed by atoms with Crippen molar-refractivity contribution in [3.63, 3.8) is 0 Å². The van der Waals surface area contributed by atoms with E-state index in [4.69, 9.17) is 5.73 Å². The van der Waals surface area contributed by atoms with Crippen molar-refractivity contribution in [2.24, 2.45) is 5.73 Å². The first-order valence-corrected chi connectivity index (χ1v) is 7.72. The number of aliphatic hydroxyl groups is 1. The van der Waals surface area contributed by atoms with Gasteiger partial charge in [-0.15, -0.1) is 0 Å². The second-order valence-corrected chi connectivity index (χ2v) is 6.68. The Morgan fingerprint density at radius 1 is 1.29 bits per heavy atom. The zero-order valence-electron chi connectivity index (χ0n) is 13.4. The molecule has 5 heteroatoms. The van der Waals surface area contributed by atoms with E-state index in [0.717, 1.165) is 31.9 Å². The van der Waals surface area contributed by atoms with Crippen LogP contribution >= 0.6 is 0 Å². The first kappa shape index (κ1) is 16.4. The third-order valence-electron chi connectivity index (χ3n) is 3.90. The largest absolute Gasteiger partial charge is 0.389 e. The fraction of sp³-hybridized carbons (Fsp3) is 0.688. The summed E-state index contributed by atoms with van der Waals surface area (Å²) in [5.41, 5.74) is 6.61. The topological polar surface area (TPSA) is 65.6 Å². The number of nitrogens with zero attached hydrogens (tertiary/aromatic N) is 3. The molecule has 21 heavy (non-hydrogen) atoms. The zero-order valence-corrected chi connectivity index (χ0v) is 13.4. The molecule has 0 aliphatic carbocycles. The van der Waals surface area contributed by atoms with E-state index in [0.29, 0.717) is 6.54 Å². The van der Waals surface area contributed by atoms with Crippen LogP contribution in [0.4, 0.5) is 0 Å². The Balaban J connectivity index is 1.99. The van der Waals surface area contributed by atoms with Gasteiger partial charge < -0.3 is 10.8 Å². The summed E-state index contributed by atoms with van der Waals surface area (Å²) in [6.45, 7) is 10.3. The van der Waals surface area contributed by atoms with Gasteiger partial charge in [-0.25, -0.2) is 0 Å². The SMILES string of the molecule is CC(N)C(c1ccccn1)N1CCN(CC(C)(C)O)CC1. The molecule has 1 aromatic heterocycles. The molecule has 0 amide bonds. The molecule has 1 saturated heterocycles. The Morgan fingerprint density at radius 2 is 1.95 bits per heavy atom. The maximum Gasteiger partial charge on any atom is 0.0718 e. The smallest absolute Gasteiger partial charge is 0.0718 e. The van der Waals surface area contributed by atoms with Crippen LogP contribution in [0.15, 0.2) is 24.4 Å². The highest BCUT2D eigenvalue weighted by molar-refractivity contribution is 5.11. The molecule has 1 aromatic rings. The monoisotopic (exact) mass is 292 g/mol. The molecule has 0 saturated carbocycles. The fourth-order valence-electron chi connectivity index (χ4n) is 3.09. The normalized spacial score (nSPS) is 21.2. The minimum atomic E-state index is -0.635. The van der Waals surface area contributed by atoms with Gasteiger partial charge >= 0.3 is 0 Å². The molecule has 0 spiro atoms. The lowest BCUT2D eigenvalue weighted by Crippen LogP contribution is -2.53. The predicted octanol–water partition coefficient (Wildman–Crippen LogP) is 0.858. The Hall–Kier alpha value is -1.01. The van der Waals surface area contributed by atoms with Crippen LogP contribution in [-0.4, -0.2) is 64.3 Å². The summed E-state index contributed by atoms with van der Waals surface area (Å²) in [7, 11) is 0. The molecule has 0 bridgehead atoms. The summed E-state index contributed by atoms with van der Waals surface area (Å²) in [6, 6.07) is 6.21. The van der Waals surface area contributed by atoms with Crippen LogP contribution in [-0.2, 0) is 0 Å². The van der Waals surface area contributed by atoms with E-state index < -0.39 is 5.60 Å². The van der Waals surface area contributed by atoms with E-state index in [1.165, 1.54) is 0 Å². The zero-order chi connectivity index (χ0) is 15.5. The molecular weight excluding hydrogens is 264 g/mol. The van der Waals surface area contributed by atoms with Gasteiger partial charge in [0.25, 0.3) is 0 Å². The van der Waals surface area contributed by atoms with E-state index in [1.54, 1.807) is 0 Å². The molecular formula is C16H28N4O. The van der Waals surface area contributed by atoms with Gasteiger partial charge in [-0.1, -0.05) is 6.07 Å². The third-order valence-corrected chi connectivity index (χ3v) is 3.90. The average molecular weight is 292 g/mol. The number of rotatable bonds is 5. The lowest BCUT2D eigenvalue weighted by molar-refractivity contribution is 0.00842. The minimum absolute atomic E-state index is 0.0423. The first-order valence-electron chi connectivity index (χ1n) is 7.72. The molecule has 1 fully saturated rings. The Labute approximate surface area is 127 Å². The number of nitrogens with two attached hydrogens (primary N) is 1. The number of hydrogen-bond acceptors (Lipinski definition) is 5. The maximum absolute atomic E-state index is 9.93. The van der Waals surface area contributed by atoms with Gasteiger partial charge in [0.1, 0.15) is 0 Å². The van der Waals surface area contributed by atoms with Gasteiger partial charge in [0.05, 0.1) is 17.3 Å². The summed E-state index contributed by atoms with van der Waals surface area (Å²) in [4.78, 5) is 9.20. The summed E-state index contributed by atoms with van der Waals surface area (Å²) in [5.74, 6) is 0. The molecule has 118 valence electrons. The Kier molecular flexibility index (Phi) is 5.32. The summed E-state index contributed by atoms with van der Waals surface area (Å²) in [6.07, 6.45) is 1.83. The first-order chi connectivity index (χ1) is 9.87. The molecule has 2 heterocycles. The van der Waals surface area contributed by atoms with Gasteiger partial charge in [-0.3, -0.25) is 14.8 Å². The molecule has 1 aliphatic heterocycles. The van der Waals surface area contributed by atoms with Gasteiger partial charge in [-0.2, -0.15) is 0 Å². The van der Waals surface area contributed by atoms with Crippen molar-refractivity contribution in [3.05, 3.63) is 30.1 Å². The molecule has 3 N–H and O–H groups in total. The molecule has 5 nitrogen and oxygen atoms in total. The molecule has 2 atom stereocenters. The van der Waals surface area contributed by atoms with Crippen LogP contribution < -0.4 is 5.73 Å². The van der Waals surface area contributed by atoms with E-state index in [1.807, 2.05) is 39.1 Å². The van der Waals surface area contributed by atoms with Crippen LogP contribution in [0.1, 0.15) is 32.5 Å². The number of piperazine rings is 1. The van der Waals surface area contributed by atoms with Crippen LogP contribution in [0.2, 0.25) is 0 Å². The van der Waals surface area contributed by atoms with E-state index in [9.17, 15) is 5.11 Å². The van der Waals surface area contributed by atoms with Crippen LogP contribution in [0.25, 0.3) is 0 Å². The number of hydrogen-bond donors (Lipinski definition) is 2. The second kappa shape index (κ2) is 6.83. The minimum Gasteiger partial charge on any atom is -0.389 e. The standard InChI is InChI=1S/C16H28N4O/c1-13(17)15(14-6-4-5-7-18-14)20-10-8-19(9-11-20)12-16(2,3)21/h4-7,13,15,21H,8-12,17H2,1-3H3. The number of aromatic nitrogens is 1. The van der Waals surface area contributed by atoms with Crippen LogP contribution in [0, 0.1) is 0 Å². The number of pyridine rings is 1. The van der Waals surface area contributed by atoms with Crippen molar-refractivity contribution in [2.45, 2.75) is 38.5 Å². The maximum atomic E-state index is 9.93. The van der Waals surface area contributed by atoms with Crippen molar-refractivity contribution in [3.8, 4) is 0 Å². The molecule has 0 radical (unpaired) electrons. The van der Waals surface area contributed by atoms with Crippen molar-refractivity contribution < 1.29 is 5.11 Å². The van der Waals surface area contributed by atoms with Gasteiger partial charge in [0, 0.05) is 45.0 Å². The molecule has 2 rings (SSSR count). The Bertz CT molecular complexity index is 422. The predicted molar refractivity (Wildman–Crippen MR) is 84.9 cm³/mol. The molecule has 1 aliphatic rings. The Morgan fingerprint density at radius 3 is 2.43 bits per heavy atom. The van der Waals surface area contributed by atoms with Gasteiger partial charge in [0.15, 0.2) is 0 Å². The molecule has 0 aromatic carbocycles. The van der Waals surface area contributed by atoms with Crippen LogP contribution in [0.5, 0.6) is 0 Å². The van der Waals surface area contributed by atoms with E-state index in [-0.39, 0.29) is 12.1 Å². The third kappa shape index (κ3) is 4.74. The second-order valence-electron chi connectivity index (χ2n) is 6.68. The highest BCUT2D eigenvalue weighted by atomic mass is 16.3. The lowest BCUT2D eigenvalue weighted by atomic mass is 10.0. The van der Waals surface area contributed by atoms with Crippen molar-refractivity contribution >= 4 is 0 Å². The quantitative estimate of drug-likeness (QED) is 0.842. The molecule has 2 unspecified atom stereocenters. The summed E-state index contributed by atoms with van der Waals surface area (Å²) >= 11 is 0.